The quantitative estimate of drug-likeness (QED) is 0.673. The van der Waals surface area contributed by atoms with E-state index in [0.29, 0.717) is 17.2 Å². The van der Waals surface area contributed by atoms with Gasteiger partial charge in [0.25, 0.3) is 0 Å². The van der Waals surface area contributed by atoms with Gasteiger partial charge in [0.15, 0.2) is 0 Å². The Bertz CT molecular complexity index is 1030. The number of hydrogen-bond donors (Lipinski definition) is 2. The van der Waals surface area contributed by atoms with Crippen molar-refractivity contribution in [1.82, 2.24) is 14.9 Å². The van der Waals surface area contributed by atoms with Crippen LogP contribution in [0.1, 0.15) is 11.4 Å². The largest absolute Gasteiger partial charge is 0.369 e. The highest BCUT2D eigenvalue weighted by Gasteiger charge is 2.14. The SMILES string of the molecule is Cc1nc(Nc2ccc(C#N)cc2)cc(Nc2ccc(N3CCN(C)CC3)cc2)n1. The number of hydrogen-bond acceptors (Lipinski definition) is 7. The maximum atomic E-state index is 8.93. The summed E-state index contributed by atoms with van der Waals surface area (Å²) in [5, 5.41) is 15.6. The van der Waals surface area contributed by atoms with E-state index in [9.17, 15) is 0 Å². The number of anilines is 5. The van der Waals surface area contributed by atoms with Gasteiger partial charge in [-0.05, 0) is 62.5 Å². The summed E-state index contributed by atoms with van der Waals surface area (Å²) in [6.45, 7) is 6.16. The molecule has 0 radical (unpaired) electrons. The van der Waals surface area contributed by atoms with Crippen LogP contribution in [0.5, 0.6) is 0 Å². The Morgan fingerprint density at radius 3 is 1.90 bits per heavy atom. The highest BCUT2D eigenvalue weighted by Crippen LogP contribution is 2.23. The molecule has 1 aliphatic rings. The number of nitrogens with zero attached hydrogens (tertiary/aromatic N) is 5. The maximum absolute atomic E-state index is 8.93. The van der Waals surface area contributed by atoms with Crippen molar-refractivity contribution in [3.63, 3.8) is 0 Å². The molecular weight excluding hydrogens is 374 g/mol. The van der Waals surface area contributed by atoms with Crippen LogP contribution in [0.3, 0.4) is 0 Å². The van der Waals surface area contributed by atoms with E-state index in [2.05, 4.69) is 67.8 Å². The van der Waals surface area contributed by atoms with Crippen molar-refractivity contribution in [2.24, 2.45) is 0 Å². The Kier molecular flexibility index (Phi) is 5.77. The summed E-state index contributed by atoms with van der Waals surface area (Å²) in [5.74, 6) is 2.10. The zero-order chi connectivity index (χ0) is 20.9. The standard InChI is InChI=1S/C23H25N7/c1-17-25-22(27-19-5-3-18(16-24)4-6-19)15-23(26-17)28-20-7-9-21(10-8-20)30-13-11-29(2)12-14-30/h3-10,15H,11-14H2,1-2H3,(H2,25,26,27,28). The monoisotopic (exact) mass is 399 g/mol. The first kappa shape index (κ1) is 19.7. The molecule has 1 fully saturated rings. The molecule has 0 bridgehead atoms. The van der Waals surface area contributed by atoms with E-state index in [0.717, 1.165) is 43.4 Å². The zero-order valence-corrected chi connectivity index (χ0v) is 17.3. The van der Waals surface area contributed by atoms with Crippen LogP contribution in [0.4, 0.5) is 28.7 Å². The summed E-state index contributed by atoms with van der Waals surface area (Å²) in [7, 11) is 2.17. The Morgan fingerprint density at radius 1 is 0.833 bits per heavy atom. The van der Waals surface area contributed by atoms with Crippen LogP contribution in [0, 0.1) is 18.3 Å². The number of benzene rings is 2. The van der Waals surface area contributed by atoms with Gasteiger partial charge in [-0.1, -0.05) is 0 Å². The Balaban J connectivity index is 1.44. The van der Waals surface area contributed by atoms with Gasteiger partial charge >= 0.3 is 0 Å². The highest BCUT2D eigenvalue weighted by molar-refractivity contribution is 5.65. The third kappa shape index (κ3) is 4.85. The number of aromatic nitrogens is 2. The minimum atomic E-state index is 0.627. The molecule has 30 heavy (non-hydrogen) atoms. The summed E-state index contributed by atoms with van der Waals surface area (Å²) >= 11 is 0. The van der Waals surface area contributed by atoms with Gasteiger partial charge in [-0.15, -0.1) is 0 Å². The number of piperazine rings is 1. The van der Waals surface area contributed by atoms with E-state index in [1.54, 1.807) is 12.1 Å². The maximum Gasteiger partial charge on any atom is 0.136 e. The van der Waals surface area contributed by atoms with E-state index in [1.807, 2.05) is 25.1 Å². The Hall–Kier alpha value is -3.63. The van der Waals surface area contributed by atoms with Crippen molar-refractivity contribution < 1.29 is 0 Å². The average molecular weight is 400 g/mol. The minimum absolute atomic E-state index is 0.627. The van der Waals surface area contributed by atoms with Gasteiger partial charge in [0.1, 0.15) is 17.5 Å². The number of nitrogens with one attached hydrogen (secondary N) is 2. The summed E-state index contributed by atoms with van der Waals surface area (Å²) < 4.78 is 0. The van der Waals surface area contributed by atoms with Gasteiger partial charge < -0.3 is 20.4 Å². The van der Waals surface area contributed by atoms with Gasteiger partial charge in [0.05, 0.1) is 11.6 Å². The molecule has 1 aliphatic heterocycles. The van der Waals surface area contributed by atoms with Crippen LogP contribution in [-0.4, -0.2) is 48.1 Å². The zero-order valence-electron chi connectivity index (χ0n) is 17.3. The predicted molar refractivity (Wildman–Crippen MR) is 121 cm³/mol. The molecule has 0 atom stereocenters. The third-order valence-electron chi connectivity index (χ3n) is 5.13. The summed E-state index contributed by atoms with van der Waals surface area (Å²) in [5.41, 5.74) is 3.72. The number of aryl methyl sites for hydroxylation is 1. The van der Waals surface area contributed by atoms with E-state index in [1.165, 1.54) is 5.69 Å². The van der Waals surface area contributed by atoms with Crippen LogP contribution < -0.4 is 15.5 Å². The fourth-order valence-electron chi connectivity index (χ4n) is 3.44. The fraction of sp³-hybridized carbons (Fsp3) is 0.261. The summed E-state index contributed by atoms with van der Waals surface area (Å²) in [4.78, 5) is 13.7. The molecule has 0 amide bonds. The lowest BCUT2D eigenvalue weighted by molar-refractivity contribution is 0.313. The molecular formula is C23H25N7. The van der Waals surface area contributed by atoms with Gasteiger partial charge in [-0.25, -0.2) is 9.97 Å². The van der Waals surface area contributed by atoms with E-state index < -0.39 is 0 Å². The van der Waals surface area contributed by atoms with Crippen molar-refractivity contribution in [2.75, 3.05) is 48.8 Å². The Labute approximate surface area is 177 Å². The molecule has 1 aromatic heterocycles. The summed E-state index contributed by atoms with van der Waals surface area (Å²) in [6.07, 6.45) is 0. The molecule has 4 rings (SSSR count). The molecule has 7 nitrogen and oxygen atoms in total. The molecule has 2 heterocycles. The van der Waals surface area contributed by atoms with Crippen LogP contribution in [0.15, 0.2) is 54.6 Å². The van der Waals surface area contributed by atoms with E-state index in [-0.39, 0.29) is 0 Å². The highest BCUT2D eigenvalue weighted by atomic mass is 15.2. The molecule has 0 spiro atoms. The van der Waals surface area contributed by atoms with Crippen molar-refractivity contribution >= 4 is 28.7 Å². The first-order valence-corrected chi connectivity index (χ1v) is 10.0. The van der Waals surface area contributed by atoms with Crippen molar-refractivity contribution in [1.29, 1.82) is 5.26 Å². The number of likely N-dealkylation sites (N-methyl/N-ethyl adjacent to an activating group) is 1. The molecule has 0 aliphatic carbocycles. The second-order valence-electron chi connectivity index (χ2n) is 7.46. The van der Waals surface area contributed by atoms with Crippen LogP contribution in [-0.2, 0) is 0 Å². The van der Waals surface area contributed by atoms with Crippen LogP contribution >= 0.6 is 0 Å². The average Bonchev–Trinajstić information content (AvgIpc) is 2.75. The van der Waals surface area contributed by atoms with E-state index in [4.69, 9.17) is 5.26 Å². The molecule has 2 aromatic carbocycles. The lowest BCUT2D eigenvalue weighted by atomic mass is 10.2. The molecule has 3 aromatic rings. The normalized spacial score (nSPS) is 14.2. The van der Waals surface area contributed by atoms with Crippen LogP contribution in [0.2, 0.25) is 0 Å². The third-order valence-corrected chi connectivity index (χ3v) is 5.13. The number of nitriles is 1. The first-order chi connectivity index (χ1) is 14.6. The van der Waals surface area contributed by atoms with Gasteiger partial charge in [0, 0.05) is 49.3 Å². The van der Waals surface area contributed by atoms with Crippen molar-refractivity contribution in [2.45, 2.75) is 6.92 Å². The lowest BCUT2D eigenvalue weighted by Crippen LogP contribution is -2.44. The second-order valence-corrected chi connectivity index (χ2v) is 7.46. The van der Waals surface area contributed by atoms with Gasteiger partial charge in [0.2, 0.25) is 0 Å². The Morgan fingerprint density at radius 2 is 1.37 bits per heavy atom. The first-order valence-electron chi connectivity index (χ1n) is 10.0. The van der Waals surface area contributed by atoms with Gasteiger partial charge in [-0.3, -0.25) is 0 Å². The molecule has 0 unspecified atom stereocenters. The second kappa shape index (κ2) is 8.80. The minimum Gasteiger partial charge on any atom is -0.369 e. The van der Waals surface area contributed by atoms with Crippen LogP contribution in [0.25, 0.3) is 0 Å². The summed E-state index contributed by atoms with van der Waals surface area (Å²) in [6, 6.07) is 19.7. The number of rotatable bonds is 5. The topological polar surface area (TPSA) is 80.1 Å². The molecule has 2 N–H and O–H groups in total. The predicted octanol–water partition coefficient (Wildman–Crippen LogP) is 3.90. The van der Waals surface area contributed by atoms with Gasteiger partial charge in [-0.2, -0.15) is 5.26 Å². The molecule has 1 saturated heterocycles. The molecule has 152 valence electrons. The van der Waals surface area contributed by atoms with E-state index >= 15 is 0 Å². The van der Waals surface area contributed by atoms with Crippen molar-refractivity contribution in [3.05, 3.63) is 66.0 Å². The van der Waals surface area contributed by atoms with Crippen molar-refractivity contribution in [3.8, 4) is 6.07 Å². The smallest absolute Gasteiger partial charge is 0.136 e. The lowest BCUT2D eigenvalue weighted by Gasteiger charge is -2.34. The fourth-order valence-corrected chi connectivity index (χ4v) is 3.44. The molecule has 7 heteroatoms. The molecule has 0 saturated carbocycles.